The molecule has 15 heteroatoms. The molecular formula is C23H25F3N4O7S. The number of hydrogen-bond acceptors (Lipinski definition) is 7. The molecule has 2 aromatic rings. The van der Waals surface area contributed by atoms with Crippen molar-refractivity contribution in [2.24, 2.45) is 11.5 Å². The number of benzene rings is 2. The summed E-state index contributed by atoms with van der Waals surface area (Å²) < 4.78 is 57.7. The highest BCUT2D eigenvalue weighted by molar-refractivity contribution is 7.90. The van der Waals surface area contributed by atoms with Crippen molar-refractivity contribution in [3.05, 3.63) is 71.3 Å². The van der Waals surface area contributed by atoms with Crippen LogP contribution >= 0.6 is 0 Å². The molecule has 1 aliphatic rings. The molecule has 206 valence electrons. The quantitative estimate of drug-likeness (QED) is 0.304. The first-order valence-electron chi connectivity index (χ1n) is 10.9. The van der Waals surface area contributed by atoms with E-state index in [-0.39, 0.29) is 12.8 Å². The van der Waals surface area contributed by atoms with E-state index >= 15 is 0 Å². The SMILES string of the molecule is NC(=O)[C@H](Cc1ccc(C2CC(=O)NS2(=O)=O)cc1)NC(=O)[C@@H](N)Cc1ccccc1.O=C(O)C(F)(F)F. The van der Waals surface area contributed by atoms with Crippen molar-refractivity contribution in [3.63, 3.8) is 0 Å². The fourth-order valence-electron chi connectivity index (χ4n) is 3.41. The van der Waals surface area contributed by atoms with Crippen molar-refractivity contribution in [1.29, 1.82) is 0 Å². The number of nitrogens with two attached hydrogens (primary N) is 2. The Kier molecular flexibility index (Phi) is 9.96. The number of amides is 3. The molecule has 1 fully saturated rings. The topological polar surface area (TPSA) is 199 Å². The number of nitrogens with one attached hydrogen (secondary N) is 2. The molecule has 38 heavy (non-hydrogen) atoms. The number of alkyl halides is 3. The van der Waals surface area contributed by atoms with Gasteiger partial charge in [0.15, 0.2) is 0 Å². The van der Waals surface area contributed by atoms with E-state index in [0.29, 0.717) is 17.5 Å². The zero-order chi connectivity index (χ0) is 28.7. The lowest BCUT2D eigenvalue weighted by atomic mass is 10.0. The van der Waals surface area contributed by atoms with Gasteiger partial charge in [-0.1, -0.05) is 54.6 Å². The zero-order valence-corrected chi connectivity index (χ0v) is 20.5. The van der Waals surface area contributed by atoms with E-state index in [1.54, 1.807) is 24.3 Å². The highest BCUT2D eigenvalue weighted by Crippen LogP contribution is 2.30. The molecule has 0 saturated carbocycles. The van der Waals surface area contributed by atoms with Crippen molar-refractivity contribution in [2.45, 2.75) is 42.8 Å². The van der Waals surface area contributed by atoms with Gasteiger partial charge in [-0.2, -0.15) is 13.2 Å². The van der Waals surface area contributed by atoms with Crippen LogP contribution in [0.2, 0.25) is 0 Å². The van der Waals surface area contributed by atoms with Gasteiger partial charge in [0, 0.05) is 6.42 Å². The third kappa shape index (κ3) is 8.85. The number of carbonyl (C=O) groups is 4. The van der Waals surface area contributed by atoms with E-state index < -0.39 is 57.2 Å². The van der Waals surface area contributed by atoms with E-state index in [2.05, 4.69) is 5.32 Å². The highest BCUT2D eigenvalue weighted by atomic mass is 32.2. The highest BCUT2D eigenvalue weighted by Gasteiger charge is 2.38. The van der Waals surface area contributed by atoms with Gasteiger partial charge in [0.2, 0.25) is 27.7 Å². The monoisotopic (exact) mass is 558 g/mol. The minimum absolute atomic E-state index is 0.119. The Labute approximate surface area is 215 Å². The maximum Gasteiger partial charge on any atom is 0.490 e. The molecule has 2 aromatic carbocycles. The number of sulfonamides is 1. The number of primary amides is 1. The second-order valence-electron chi connectivity index (χ2n) is 8.27. The van der Waals surface area contributed by atoms with E-state index in [9.17, 15) is 36.0 Å². The number of halogens is 3. The second kappa shape index (κ2) is 12.5. The van der Waals surface area contributed by atoms with Crippen LogP contribution in [-0.2, 0) is 42.0 Å². The minimum atomic E-state index is -5.08. The molecule has 1 heterocycles. The van der Waals surface area contributed by atoms with Crippen LogP contribution in [0.1, 0.15) is 28.4 Å². The lowest BCUT2D eigenvalue weighted by Gasteiger charge is -2.19. The standard InChI is InChI=1S/C21H24N4O5S.C2HF3O2/c22-16(10-13-4-2-1-3-5-13)21(28)24-17(20(23)27)11-14-6-8-15(9-7-14)18-12-19(26)25-31(18,29)30;3-2(4,5)1(6)7/h1-9,16-18H,10-12,22H2,(H2,23,27)(H,24,28)(H,25,26);(H,6,7)/t16-,17-,18?;/m0./s1. The Bertz CT molecular complexity index is 1270. The molecule has 0 aliphatic carbocycles. The fraction of sp³-hybridized carbons (Fsp3) is 0.304. The van der Waals surface area contributed by atoms with Crippen LogP contribution in [0.25, 0.3) is 0 Å². The molecule has 0 radical (unpaired) electrons. The van der Waals surface area contributed by atoms with E-state index in [1.807, 2.05) is 35.1 Å². The lowest BCUT2D eigenvalue weighted by Crippen LogP contribution is -2.51. The Morgan fingerprint density at radius 1 is 1.03 bits per heavy atom. The molecule has 1 aliphatic heterocycles. The number of carboxylic acid groups (broad SMARTS) is 1. The fourth-order valence-corrected chi connectivity index (χ4v) is 4.84. The number of rotatable bonds is 8. The summed E-state index contributed by atoms with van der Waals surface area (Å²) in [7, 11) is -3.73. The van der Waals surface area contributed by atoms with Crippen LogP contribution in [0.4, 0.5) is 13.2 Å². The Morgan fingerprint density at radius 2 is 1.55 bits per heavy atom. The summed E-state index contributed by atoms with van der Waals surface area (Å²) in [5.74, 6) is -4.51. The maximum atomic E-state index is 12.4. The maximum absolute atomic E-state index is 12.4. The summed E-state index contributed by atoms with van der Waals surface area (Å²) in [4.78, 5) is 44.6. The summed E-state index contributed by atoms with van der Waals surface area (Å²) in [5, 5.41) is 8.76. The molecule has 0 aromatic heterocycles. The van der Waals surface area contributed by atoms with Gasteiger partial charge in [0.25, 0.3) is 0 Å². The van der Waals surface area contributed by atoms with Crippen LogP contribution in [0.3, 0.4) is 0 Å². The Morgan fingerprint density at radius 3 is 2.00 bits per heavy atom. The first-order valence-corrected chi connectivity index (χ1v) is 12.5. The van der Waals surface area contributed by atoms with Crippen LogP contribution in [0.5, 0.6) is 0 Å². The van der Waals surface area contributed by atoms with Gasteiger partial charge in [0.1, 0.15) is 11.3 Å². The van der Waals surface area contributed by atoms with Gasteiger partial charge in [-0.15, -0.1) is 0 Å². The molecule has 0 bridgehead atoms. The summed E-state index contributed by atoms with van der Waals surface area (Å²) in [5.41, 5.74) is 13.4. The molecule has 11 nitrogen and oxygen atoms in total. The number of carbonyl (C=O) groups excluding carboxylic acids is 3. The molecule has 3 rings (SSSR count). The third-order valence-corrected chi connectivity index (χ3v) is 7.03. The largest absolute Gasteiger partial charge is 0.490 e. The third-order valence-electron chi connectivity index (χ3n) is 5.33. The summed E-state index contributed by atoms with van der Waals surface area (Å²) >= 11 is 0. The average Bonchev–Trinajstić information content (AvgIpc) is 3.11. The normalized spacial score (nSPS) is 17.8. The van der Waals surface area contributed by atoms with E-state index in [1.165, 1.54) is 0 Å². The van der Waals surface area contributed by atoms with Gasteiger partial charge >= 0.3 is 12.1 Å². The van der Waals surface area contributed by atoms with E-state index in [0.717, 1.165) is 5.56 Å². The molecule has 3 amide bonds. The summed E-state index contributed by atoms with van der Waals surface area (Å²) in [6.45, 7) is 0. The molecule has 3 atom stereocenters. The number of aliphatic carboxylic acids is 1. The minimum Gasteiger partial charge on any atom is -0.475 e. The van der Waals surface area contributed by atoms with Crippen molar-refractivity contribution in [2.75, 3.05) is 0 Å². The van der Waals surface area contributed by atoms with Gasteiger partial charge in [0.05, 0.1) is 12.5 Å². The smallest absolute Gasteiger partial charge is 0.475 e. The van der Waals surface area contributed by atoms with Crippen LogP contribution < -0.4 is 21.5 Å². The van der Waals surface area contributed by atoms with Crippen molar-refractivity contribution < 1.29 is 45.9 Å². The average molecular weight is 559 g/mol. The first kappa shape index (κ1) is 30.2. The van der Waals surface area contributed by atoms with Gasteiger partial charge in [-0.25, -0.2) is 13.2 Å². The summed E-state index contributed by atoms with van der Waals surface area (Å²) in [6.07, 6.45) is -4.79. The van der Waals surface area contributed by atoms with Gasteiger partial charge < -0.3 is 21.9 Å². The lowest BCUT2D eigenvalue weighted by molar-refractivity contribution is -0.192. The first-order chi connectivity index (χ1) is 17.6. The number of hydrogen-bond donors (Lipinski definition) is 5. The van der Waals surface area contributed by atoms with Crippen molar-refractivity contribution in [1.82, 2.24) is 10.0 Å². The van der Waals surface area contributed by atoms with Gasteiger partial charge in [-0.05, 0) is 23.1 Å². The van der Waals surface area contributed by atoms with Crippen molar-refractivity contribution >= 4 is 33.7 Å². The zero-order valence-electron chi connectivity index (χ0n) is 19.6. The van der Waals surface area contributed by atoms with E-state index in [4.69, 9.17) is 21.4 Å². The predicted octanol–water partition coefficient (Wildman–Crippen LogP) is 0.293. The Hall–Kier alpha value is -3.98. The van der Waals surface area contributed by atoms with Crippen LogP contribution in [0, 0.1) is 0 Å². The number of carboxylic acids is 1. The molecule has 1 unspecified atom stereocenters. The second-order valence-corrected chi connectivity index (χ2v) is 10.1. The molecule has 0 spiro atoms. The van der Waals surface area contributed by atoms with Gasteiger partial charge in [-0.3, -0.25) is 19.1 Å². The predicted molar refractivity (Wildman–Crippen MR) is 128 cm³/mol. The molecular weight excluding hydrogens is 533 g/mol. The Balaban J connectivity index is 0.000000638. The van der Waals surface area contributed by atoms with Crippen LogP contribution in [0.15, 0.2) is 54.6 Å². The van der Waals surface area contributed by atoms with Crippen LogP contribution in [-0.4, -0.2) is 55.5 Å². The molecule has 7 N–H and O–H groups in total. The van der Waals surface area contributed by atoms with Crippen molar-refractivity contribution in [3.8, 4) is 0 Å². The summed E-state index contributed by atoms with van der Waals surface area (Å²) in [6, 6.07) is 13.9. The molecule has 1 saturated heterocycles.